The van der Waals surface area contributed by atoms with Crippen LogP contribution >= 0.6 is 11.3 Å². The van der Waals surface area contributed by atoms with Gasteiger partial charge in [0.1, 0.15) is 16.8 Å². The molecule has 0 aliphatic rings. The van der Waals surface area contributed by atoms with Gasteiger partial charge in [-0.3, -0.25) is 25.0 Å². The van der Waals surface area contributed by atoms with Crippen molar-refractivity contribution in [2.24, 2.45) is 0 Å². The van der Waals surface area contributed by atoms with Crippen molar-refractivity contribution in [1.29, 1.82) is 0 Å². The Labute approximate surface area is 187 Å². The van der Waals surface area contributed by atoms with Gasteiger partial charge in [-0.2, -0.15) is 0 Å². The molecule has 3 aromatic rings. The largest absolute Gasteiger partial charge is 0.497 e. The van der Waals surface area contributed by atoms with E-state index in [-0.39, 0.29) is 5.69 Å². The lowest BCUT2D eigenvalue weighted by molar-refractivity contribution is -0.384. The number of anilines is 1. The number of ether oxygens (including phenoxy) is 1. The van der Waals surface area contributed by atoms with E-state index in [9.17, 15) is 19.7 Å². The maximum Gasteiger partial charge on any atom is 0.269 e. The fourth-order valence-electron chi connectivity index (χ4n) is 2.54. The maximum absolute atomic E-state index is 12.4. The van der Waals surface area contributed by atoms with Crippen LogP contribution in [0, 0.1) is 10.1 Å². The van der Waals surface area contributed by atoms with Gasteiger partial charge >= 0.3 is 0 Å². The first-order chi connectivity index (χ1) is 15.4. The van der Waals surface area contributed by atoms with Crippen LogP contribution in [0.25, 0.3) is 16.6 Å². The number of carbonyl (C=O) groups is 2. The predicted octanol–water partition coefficient (Wildman–Crippen LogP) is 3.28. The van der Waals surface area contributed by atoms with Gasteiger partial charge in [0.25, 0.3) is 5.69 Å². The quantitative estimate of drug-likeness (QED) is 0.303. The van der Waals surface area contributed by atoms with Crippen LogP contribution in [0.1, 0.15) is 12.5 Å². The van der Waals surface area contributed by atoms with E-state index in [4.69, 9.17) is 4.74 Å². The summed E-state index contributed by atoms with van der Waals surface area (Å²) in [5.74, 6) is -0.208. The second kappa shape index (κ2) is 10.3. The molecular weight excluding hydrogens is 434 g/mol. The molecule has 1 unspecified atom stereocenters. The van der Waals surface area contributed by atoms with Crippen molar-refractivity contribution >= 4 is 40.0 Å². The number of nitrogens with one attached hydrogen (secondary N) is 2. The smallest absolute Gasteiger partial charge is 0.269 e. The summed E-state index contributed by atoms with van der Waals surface area (Å²) in [4.78, 5) is 34.6. The van der Waals surface area contributed by atoms with E-state index in [1.807, 2.05) is 12.1 Å². The minimum Gasteiger partial charge on any atom is -0.497 e. The minimum atomic E-state index is -0.822. The molecule has 0 saturated heterocycles. The number of nitrogens with zero attached hydrogens (tertiary/aromatic N) is 3. The molecule has 1 atom stereocenters. The highest BCUT2D eigenvalue weighted by Crippen LogP contribution is 2.27. The second-order valence-corrected chi connectivity index (χ2v) is 7.52. The Hall–Kier alpha value is -4.12. The molecule has 2 aromatic carbocycles. The highest BCUT2D eigenvalue weighted by molar-refractivity contribution is 7.18. The molecule has 0 radical (unpaired) electrons. The van der Waals surface area contributed by atoms with Gasteiger partial charge < -0.3 is 10.1 Å². The van der Waals surface area contributed by atoms with Gasteiger partial charge in [-0.25, -0.2) is 0 Å². The molecule has 2 amide bonds. The van der Waals surface area contributed by atoms with E-state index in [0.29, 0.717) is 15.7 Å². The maximum atomic E-state index is 12.4. The van der Waals surface area contributed by atoms with Gasteiger partial charge in [-0.05, 0) is 55.0 Å². The third kappa shape index (κ3) is 5.95. The highest BCUT2D eigenvalue weighted by atomic mass is 32.1. The van der Waals surface area contributed by atoms with Gasteiger partial charge in [-0.15, -0.1) is 10.2 Å². The van der Waals surface area contributed by atoms with Crippen LogP contribution in [0.15, 0.2) is 54.6 Å². The van der Waals surface area contributed by atoms with Crippen molar-refractivity contribution in [2.75, 3.05) is 12.4 Å². The van der Waals surface area contributed by atoms with Crippen LogP contribution in [-0.4, -0.2) is 40.1 Å². The normalized spacial score (nSPS) is 11.7. The Morgan fingerprint density at radius 3 is 2.44 bits per heavy atom. The standard InChI is InChI=1S/C21H19N5O5S/c1-13(22-18(27)12-5-14-3-8-16(9-4-14)26(29)30)19(28)23-21-25-24-20(32-21)15-6-10-17(31-2)11-7-15/h3-13H,1-2H3,(H,22,27)(H,23,25,28)/b12-5+. The number of aromatic nitrogens is 2. The number of hydrogen-bond acceptors (Lipinski definition) is 8. The number of nitro groups is 1. The Kier molecular flexibility index (Phi) is 7.24. The van der Waals surface area contributed by atoms with E-state index >= 15 is 0 Å². The number of hydrogen-bond donors (Lipinski definition) is 2. The Bertz CT molecular complexity index is 1140. The monoisotopic (exact) mass is 453 g/mol. The minimum absolute atomic E-state index is 0.0382. The molecule has 0 aliphatic heterocycles. The van der Waals surface area contributed by atoms with Gasteiger partial charge in [0.05, 0.1) is 12.0 Å². The molecule has 3 rings (SSSR count). The molecule has 0 bridgehead atoms. The second-order valence-electron chi connectivity index (χ2n) is 6.54. The summed E-state index contributed by atoms with van der Waals surface area (Å²) < 4.78 is 5.12. The molecule has 10 nitrogen and oxygen atoms in total. The lowest BCUT2D eigenvalue weighted by Crippen LogP contribution is -2.40. The van der Waals surface area contributed by atoms with E-state index in [1.165, 1.54) is 47.8 Å². The van der Waals surface area contributed by atoms with Gasteiger partial charge in [0.2, 0.25) is 16.9 Å². The van der Waals surface area contributed by atoms with Crippen molar-refractivity contribution < 1.29 is 19.2 Å². The summed E-state index contributed by atoms with van der Waals surface area (Å²) in [6.45, 7) is 1.54. The lowest BCUT2D eigenvalue weighted by atomic mass is 10.2. The fraction of sp³-hybridized carbons (Fsp3) is 0.143. The molecule has 32 heavy (non-hydrogen) atoms. The predicted molar refractivity (Wildman–Crippen MR) is 120 cm³/mol. The van der Waals surface area contributed by atoms with Crippen LogP contribution in [-0.2, 0) is 9.59 Å². The number of benzene rings is 2. The summed E-state index contributed by atoms with van der Waals surface area (Å²) >= 11 is 1.21. The van der Waals surface area contributed by atoms with Gasteiger partial charge in [0, 0.05) is 23.8 Å². The van der Waals surface area contributed by atoms with Crippen molar-refractivity contribution in [3.8, 4) is 16.3 Å². The van der Waals surface area contributed by atoms with E-state index in [0.717, 1.165) is 11.3 Å². The van der Waals surface area contributed by atoms with Crippen molar-refractivity contribution in [1.82, 2.24) is 15.5 Å². The summed E-state index contributed by atoms with van der Waals surface area (Å²) in [7, 11) is 1.58. The number of carbonyl (C=O) groups excluding carboxylic acids is 2. The van der Waals surface area contributed by atoms with E-state index in [2.05, 4.69) is 20.8 Å². The summed E-state index contributed by atoms with van der Waals surface area (Å²) in [6.07, 6.45) is 2.74. The molecule has 0 saturated carbocycles. The van der Waals surface area contributed by atoms with Crippen molar-refractivity contribution in [3.63, 3.8) is 0 Å². The first kappa shape index (κ1) is 22.6. The van der Waals surface area contributed by atoms with E-state index < -0.39 is 22.8 Å². The first-order valence-electron chi connectivity index (χ1n) is 9.37. The third-order valence-electron chi connectivity index (χ3n) is 4.28. The molecule has 2 N–H and O–H groups in total. The lowest BCUT2D eigenvalue weighted by Gasteiger charge is -2.11. The van der Waals surface area contributed by atoms with Crippen molar-refractivity contribution in [3.05, 3.63) is 70.3 Å². The Morgan fingerprint density at radius 1 is 1.12 bits per heavy atom. The Morgan fingerprint density at radius 2 is 1.81 bits per heavy atom. The van der Waals surface area contributed by atoms with Crippen LogP contribution in [0.5, 0.6) is 5.75 Å². The van der Waals surface area contributed by atoms with Crippen molar-refractivity contribution in [2.45, 2.75) is 13.0 Å². The topological polar surface area (TPSA) is 136 Å². The molecule has 11 heteroatoms. The van der Waals surface area contributed by atoms with Gasteiger partial charge in [-0.1, -0.05) is 11.3 Å². The SMILES string of the molecule is COc1ccc(-c2nnc(NC(=O)C(C)NC(=O)/C=C/c3ccc([N+](=O)[O-])cc3)s2)cc1. The van der Waals surface area contributed by atoms with Crippen LogP contribution in [0.2, 0.25) is 0 Å². The number of non-ortho nitro benzene ring substituents is 1. The zero-order valence-corrected chi connectivity index (χ0v) is 18.0. The highest BCUT2D eigenvalue weighted by Gasteiger charge is 2.17. The van der Waals surface area contributed by atoms with Gasteiger partial charge in [0.15, 0.2) is 0 Å². The first-order valence-corrected chi connectivity index (χ1v) is 10.2. The molecule has 164 valence electrons. The zero-order chi connectivity index (χ0) is 23.1. The summed E-state index contributed by atoms with van der Waals surface area (Å²) in [5.41, 5.74) is 1.41. The molecule has 0 spiro atoms. The van der Waals surface area contributed by atoms with Crippen LogP contribution in [0.3, 0.4) is 0 Å². The average molecular weight is 453 g/mol. The molecule has 1 heterocycles. The van der Waals surface area contributed by atoms with E-state index in [1.54, 1.807) is 26.2 Å². The van der Waals surface area contributed by atoms with Crippen LogP contribution < -0.4 is 15.4 Å². The average Bonchev–Trinajstić information content (AvgIpc) is 3.26. The molecule has 0 fully saturated rings. The number of methoxy groups -OCH3 is 1. The molecule has 0 aliphatic carbocycles. The number of rotatable bonds is 8. The zero-order valence-electron chi connectivity index (χ0n) is 17.1. The Balaban J connectivity index is 1.53. The van der Waals surface area contributed by atoms with Crippen LogP contribution in [0.4, 0.5) is 10.8 Å². The third-order valence-corrected chi connectivity index (χ3v) is 5.16. The fourth-order valence-corrected chi connectivity index (χ4v) is 3.30. The summed E-state index contributed by atoms with van der Waals surface area (Å²) in [6, 6.07) is 12.2. The summed E-state index contributed by atoms with van der Waals surface area (Å²) in [5, 5.41) is 24.8. The number of amides is 2. The molecule has 1 aromatic heterocycles. The molecular formula is C21H19N5O5S. The number of nitro benzene ring substituents is 1.